The van der Waals surface area contributed by atoms with Gasteiger partial charge in [0.15, 0.2) is 11.7 Å². The van der Waals surface area contributed by atoms with Gasteiger partial charge < -0.3 is 19.9 Å². The summed E-state index contributed by atoms with van der Waals surface area (Å²) >= 11 is 0. The number of nitrogens with zero attached hydrogens (tertiary/aromatic N) is 2. The third-order valence-electron chi connectivity index (χ3n) is 4.50. The zero-order valence-corrected chi connectivity index (χ0v) is 15.8. The van der Waals surface area contributed by atoms with Crippen LogP contribution in [0.4, 0.5) is 0 Å². The molecule has 26 heavy (non-hydrogen) atoms. The van der Waals surface area contributed by atoms with E-state index >= 15 is 0 Å². The number of fused-ring (bicyclic) bond motifs is 1. The molecule has 1 aromatic carbocycles. The SMILES string of the molecule is CCNC(=NCc1cc(C(C)C)no1)NCC1CCOc2ccccc21. The molecule has 6 nitrogen and oxygen atoms in total. The fourth-order valence-electron chi connectivity index (χ4n) is 3.02. The molecule has 0 saturated heterocycles. The van der Waals surface area contributed by atoms with E-state index in [0.717, 1.165) is 49.3 Å². The second kappa shape index (κ2) is 8.74. The van der Waals surface area contributed by atoms with E-state index in [4.69, 9.17) is 9.26 Å². The van der Waals surface area contributed by atoms with Crippen molar-refractivity contribution in [1.29, 1.82) is 0 Å². The van der Waals surface area contributed by atoms with Crippen LogP contribution in [0.25, 0.3) is 0 Å². The summed E-state index contributed by atoms with van der Waals surface area (Å²) < 4.78 is 11.1. The quantitative estimate of drug-likeness (QED) is 0.613. The molecule has 0 aliphatic carbocycles. The van der Waals surface area contributed by atoms with Crippen LogP contribution in [0, 0.1) is 0 Å². The monoisotopic (exact) mass is 356 g/mol. The minimum Gasteiger partial charge on any atom is -0.493 e. The van der Waals surface area contributed by atoms with Gasteiger partial charge >= 0.3 is 0 Å². The second-order valence-corrected chi connectivity index (χ2v) is 6.82. The number of aromatic nitrogens is 1. The standard InChI is InChI=1S/C20H28N4O2/c1-4-21-20(23-13-16-11-18(14(2)3)24-26-16)22-12-15-9-10-25-19-8-6-5-7-17(15)19/h5-8,11,14-15H,4,9-10,12-13H2,1-3H3,(H2,21,22,23). The Morgan fingerprint density at radius 2 is 2.15 bits per heavy atom. The van der Waals surface area contributed by atoms with E-state index in [-0.39, 0.29) is 0 Å². The van der Waals surface area contributed by atoms with Gasteiger partial charge in [-0.25, -0.2) is 4.99 Å². The number of rotatable bonds is 6. The summed E-state index contributed by atoms with van der Waals surface area (Å²) in [6.07, 6.45) is 1.00. The van der Waals surface area contributed by atoms with Crippen LogP contribution in [-0.4, -0.2) is 30.8 Å². The highest BCUT2D eigenvalue weighted by atomic mass is 16.5. The van der Waals surface area contributed by atoms with Gasteiger partial charge in [-0.2, -0.15) is 0 Å². The first kappa shape index (κ1) is 18.3. The lowest BCUT2D eigenvalue weighted by Crippen LogP contribution is -2.40. The van der Waals surface area contributed by atoms with Crippen molar-refractivity contribution in [1.82, 2.24) is 15.8 Å². The fourth-order valence-corrected chi connectivity index (χ4v) is 3.02. The maximum absolute atomic E-state index is 5.74. The van der Waals surface area contributed by atoms with E-state index in [1.54, 1.807) is 0 Å². The topological polar surface area (TPSA) is 71.7 Å². The average Bonchev–Trinajstić information content (AvgIpc) is 3.13. The number of benzene rings is 1. The first-order valence-corrected chi connectivity index (χ1v) is 9.36. The molecule has 2 aromatic rings. The van der Waals surface area contributed by atoms with Crippen molar-refractivity contribution in [2.24, 2.45) is 4.99 Å². The largest absolute Gasteiger partial charge is 0.493 e. The lowest BCUT2D eigenvalue weighted by Gasteiger charge is -2.26. The third kappa shape index (κ3) is 4.56. The van der Waals surface area contributed by atoms with Crippen LogP contribution in [0.1, 0.15) is 56.0 Å². The Bertz CT molecular complexity index is 739. The third-order valence-corrected chi connectivity index (χ3v) is 4.50. The molecule has 1 aromatic heterocycles. The van der Waals surface area contributed by atoms with Crippen molar-refractivity contribution < 1.29 is 9.26 Å². The molecule has 0 radical (unpaired) electrons. The molecule has 1 aliphatic rings. The molecule has 0 saturated carbocycles. The molecule has 0 fully saturated rings. The van der Waals surface area contributed by atoms with E-state index in [1.807, 2.05) is 18.2 Å². The summed E-state index contributed by atoms with van der Waals surface area (Å²) in [5.74, 6) is 3.34. The molecule has 0 spiro atoms. The number of hydrogen-bond donors (Lipinski definition) is 2. The molecule has 1 aliphatic heterocycles. The first-order valence-electron chi connectivity index (χ1n) is 9.36. The minimum atomic E-state index is 0.358. The van der Waals surface area contributed by atoms with E-state index < -0.39 is 0 Å². The normalized spacial score (nSPS) is 16.9. The summed E-state index contributed by atoms with van der Waals surface area (Å²) in [7, 11) is 0. The van der Waals surface area contributed by atoms with Gasteiger partial charge in [0.2, 0.25) is 0 Å². The van der Waals surface area contributed by atoms with Gasteiger partial charge in [0, 0.05) is 25.1 Å². The van der Waals surface area contributed by atoms with Crippen LogP contribution in [0.2, 0.25) is 0 Å². The highest BCUT2D eigenvalue weighted by Crippen LogP contribution is 2.32. The van der Waals surface area contributed by atoms with Gasteiger partial charge in [-0.15, -0.1) is 0 Å². The Labute approximate surface area is 155 Å². The van der Waals surface area contributed by atoms with Gasteiger partial charge in [0.25, 0.3) is 0 Å². The second-order valence-electron chi connectivity index (χ2n) is 6.82. The maximum Gasteiger partial charge on any atom is 0.191 e. The molecule has 6 heteroatoms. The van der Waals surface area contributed by atoms with Gasteiger partial charge in [0.05, 0.1) is 12.3 Å². The van der Waals surface area contributed by atoms with E-state index in [9.17, 15) is 0 Å². The Hall–Kier alpha value is -2.50. The minimum absolute atomic E-state index is 0.358. The molecule has 0 amide bonds. The number of ether oxygens (including phenoxy) is 1. The number of nitrogens with one attached hydrogen (secondary N) is 2. The van der Waals surface area contributed by atoms with Gasteiger partial charge in [-0.05, 0) is 30.9 Å². The van der Waals surface area contributed by atoms with Crippen molar-refractivity contribution >= 4 is 5.96 Å². The summed E-state index contributed by atoms with van der Waals surface area (Å²) in [6.45, 7) is 9.12. The van der Waals surface area contributed by atoms with Gasteiger partial charge in [-0.3, -0.25) is 0 Å². The molecular formula is C20H28N4O2. The summed E-state index contributed by atoms with van der Waals surface area (Å²) in [4.78, 5) is 4.63. The van der Waals surface area contributed by atoms with E-state index in [2.05, 4.69) is 53.7 Å². The Morgan fingerprint density at radius 3 is 2.92 bits per heavy atom. The van der Waals surface area contributed by atoms with E-state index in [0.29, 0.717) is 18.4 Å². The summed E-state index contributed by atoms with van der Waals surface area (Å²) in [5, 5.41) is 10.8. The zero-order valence-electron chi connectivity index (χ0n) is 15.8. The molecule has 140 valence electrons. The predicted octanol–water partition coefficient (Wildman–Crippen LogP) is 3.42. The van der Waals surface area contributed by atoms with Crippen LogP contribution in [0.5, 0.6) is 5.75 Å². The summed E-state index contributed by atoms with van der Waals surface area (Å²) in [6, 6.07) is 10.2. The van der Waals surface area contributed by atoms with Crippen molar-refractivity contribution in [3.8, 4) is 5.75 Å². The van der Waals surface area contributed by atoms with E-state index in [1.165, 1.54) is 5.56 Å². The smallest absolute Gasteiger partial charge is 0.191 e. The Morgan fingerprint density at radius 1 is 1.31 bits per heavy atom. The highest BCUT2D eigenvalue weighted by molar-refractivity contribution is 5.79. The lowest BCUT2D eigenvalue weighted by molar-refractivity contribution is 0.267. The highest BCUT2D eigenvalue weighted by Gasteiger charge is 2.21. The van der Waals surface area contributed by atoms with Crippen LogP contribution in [0.15, 0.2) is 39.8 Å². The van der Waals surface area contributed by atoms with Crippen LogP contribution in [0.3, 0.4) is 0 Å². The Balaban J connectivity index is 1.61. The Kier molecular flexibility index (Phi) is 6.15. The van der Waals surface area contributed by atoms with Crippen molar-refractivity contribution in [2.75, 3.05) is 19.7 Å². The van der Waals surface area contributed by atoms with Crippen molar-refractivity contribution in [2.45, 2.75) is 45.6 Å². The summed E-state index contributed by atoms with van der Waals surface area (Å²) in [5.41, 5.74) is 2.23. The first-order chi connectivity index (χ1) is 12.7. The fraction of sp³-hybridized carbons (Fsp3) is 0.500. The maximum atomic E-state index is 5.74. The average molecular weight is 356 g/mol. The van der Waals surface area contributed by atoms with Gasteiger partial charge in [-0.1, -0.05) is 37.2 Å². The van der Waals surface area contributed by atoms with Crippen LogP contribution in [-0.2, 0) is 6.54 Å². The molecule has 0 bridgehead atoms. The van der Waals surface area contributed by atoms with Crippen LogP contribution < -0.4 is 15.4 Å². The predicted molar refractivity (Wildman–Crippen MR) is 103 cm³/mol. The molecule has 1 unspecified atom stereocenters. The molecule has 2 N–H and O–H groups in total. The molecule has 2 heterocycles. The number of para-hydroxylation sites is 1. The number of hydrogen-bond acceptors (Lipinski definition) is 4. The molecular weight excluding hydrogens is 328 g/mol. The van der Waals surface area contributed by atoms with Crippen molar-refractivity contribution in [3.63, 3.8) is 0 Å². The zero-order chi connectivity index (χ0) is 18.4. The molecule has 3 rings (SSSR count). The lowest BCUT2D eigenvalue weighted by atomic mass is 9.93. The van der Waals surface area contributed by atoms with Gasteiger partial charge in [0.1, 0.15) is 12.3 Å². The van der Waals surface area contributed by atoms with Crippen LogP contribution >= 0.6 is 0 Å². The number of guanidine groups is 1. The molecule has 1 atom stereocenters. The van der Waals surface area contributed by atoms with Crippen molar-refractivity contribution in [3.05, 3.63) is 47.3 Å². The number of aliphatic imine (C=N–C) groups is 1.